The van der Waals surface area contributed by atoms with Gasteiger partial charge < -0.3 is 14.2 Å². The highest BCUT2D eigenvalue weighted by Crippen LogP contribution is 2.12. The van der Waals surface area contributed by atoms with Gasteiger partial charge in [0, 0.05) is 19.4 Å². The summed E-state index contributed by atoms with van der Waals surface area (Å²) in [5, 5.41) is 0. The highest BCUT2D eigenvalue weighted by molar-refractivity contribution is 5.70. The minimum absolute atomic E-state index is 0.0418. The zero-order valence-corrected chi connectivity index (χ0v) is 42.7. The van der Waals surface area contributed by atoms with Gasteiger partial charge in [-0.1, -0.05) is 212 Å². The number of unbranched alkanes of at least 4 members (excludes halogenated alkanes) is 14. The van der Waals surface area contributed by atoms with Gasteiger partial charge in [-0.2, -0.15) is 0 Å². The van der Waals surface area contributed by atoms with E-state index >= 15 is 0 Å². The summed E-state index contributed by atoms with van der Waals surface area (Å²) in [5.41, 5.74) is 0. The monoisotopic (exact) mass is 911 g/mol. The SMILES string of the molecule is CC/C=C\C/C=C\C/C=C\C/C=C\C/C=C\CCCC(=O)OC(COCCCCCCCC/C=C\C/C=C\CCC)COC(=O)CCCCCCCC/C=C\C/C=C\C/C=C\C/C=C\CC. The lowest BCUT2D eigenvalue weighted by atomic mass is 10.1. The van der Waals surface area contributed by atoms with Crippen LogP contribution in [0.15, 0.2) is 134 Å². The Balaban J connectivity index is 4.43. The molecule has 0 N–H and O–H groups in total. The van der Waals surface area contributed by atoms with Gasteiger partial charge in [0.05, 0.1) is 6.61 Å². The van der Waals surface area contributed by atoms with E-state index in [0.717, 1.165) is 116 Å². The molecule has 1 atom stereocenters. The van der Waals surface area contributed by atoms with Crippen molar-refractivity contribution in [1.82, 2.24) is 0 Å². The van der Waals surface area contributed by atoms with Crippen LogP contribution in [0.2, 0.25) is 0 Å². The average molecular weight is 911 g/mol. The Kier molecular flexibility index (Phi) is 52.0. The number of esters is 2. The van der Waals surface area contributed by atoms with Gasteiger partial charge in [-0.25, -0.2) is 0 Å². The molecular formula is C61H98O5. The maximum atomic E-state index is 12.8. The third-order valence-corrected chi connectivity index (χ3v) is 10.6. The van der Waals surface area contributed by atoms with Crippen molar-refractivity contribution in [3.8, 4) is 0 Å². The fraction of sp³-hybridized carbons (Fsp3) is 0.607. The van der Waals surface area contributed by atoms with Crippen LogP contribution >= 0.6 is 0 Å². The van der Waals surface area contributed by atoms with Crippen LogP contribution in [0, 0.1) is 0 Å². The molecule has 0 aliphatic heterocycles. The Morgan fingerprint density at radius 3 is 1.14 bits per heavy atom. The zero-order valence-electron chi connectivity index (χ0n) is 42.7. The summed E-state index contributed by atoms with van der Waals surface area (Å²) in [7, 11) is 0. The van der Waals surface area contributed by atoms with Crippen molar-refractivity contribution >= 4 is 11.9 Å². The number of hydrogen-bond donors (Lipinski definition) is 0. The number of carbonyl (C=O) groups excluding carboxylic acids is 2. The molecule has 0 aliphatic rings. The third-order valence-electron chi connectivity index (χ3n) is 10.6. The van der Waals surface area contributed by atoms with Crippen molar-refractivity contribution in [2.45, 2.75) is 219 Å². The molecule has 0 rings (SSSR count). The van der Waals surface area contributed by atoms with Gasteiger partial charge in [0.1, 0.15) is 6.61 Å². The molecule has 0 saturated carbocycles. The molecule has 0 aromatic rings. The van der Waals surface area contributed by atoms with Crippen LogP contribution in [0.3, 0.4) is 0 Å². The minimum atomic E-state index is -0.587. The van der Waals surface area contributed by atoms with E-state index in [2.05, 4.69) is 154 Å². The summed E-state index contributed by atoms with van der Waals surface area (Å²) >= 11 is 0. The lowest BCUT2D eigenvalue weighted by Crippen LogP contribution is -2.30. The fourth-order valence-corrected chi connectivity index (χ4v) is 6.75. The first-order chi connectivity index (χ1) is 32.6. The summed E-state index contributed by atoms with van der Waals surface area (Å²) < 4.78 is 17.4. The lowest BCUT2D eigenvalue weighted by Gasteiger charge is -2.18. The van der Waals surface area contributed by atoms with Gasteiger partial charge in [0.2, 0.25) is 0 Å². The van der Waals surface area contributed by atoms with Crippen molar-refractivity contribution < 1.29 is 23.8 Å². The maximum absolute atomic E-state index is 12.8. The second kappa shape index (κ2) is 55.4. The molecule has 66 heavy (non-hydrogen) atoms. The molecule has 0 bridgehead atoms. The lowest BCUT2D eigenvalue weighted by molar-refractivity contribution is -0.162. The topological polar surface area (TPSA) is 61.8 Å². The highest BCUT2D eigenvalue weighted by Gasteiger charge is 2.17. The van der Waals surface area contributed by atoms with E-state index < -0.39 is 6.10 Å². The normalized spacial score (nSPS) is 13.3. The van der Waals surface area contributed by atoms with Crippen LogP contribution in [0.1, 0.15) is 213 Å². The Labute approximate surface area is 407 Å². The van der Waals surface area contributed by atoms with E-state index in [0.29, 0.717) is 25.9 Å². The Bertz CT molecular complexity index is 1400. The molecule has 0 aliphatic carbocycles. The summed E-state index contributed by atoms with van der Waals surface area (Å²) in [6.07, 6.45) is 78.9. The highest BCUT2D eigenvalue weighted by atomic mass is 16.6. The zero-order chi connectivity index (χ0) is 47.7. The van der Waals surface area contributed by atoms with Crippen LogP contribution in [0.4, 0.5) is 0 Å². The number of allylic oxidation sites excluding steroid dienone is 22. The summed E-state index contributed by atoms with van der Waals surface area (Å²) in [6.45, 7) is 7.42. The molecule has 5 heteroatoms. The molecule has 5 nitrogen and oxygen atoms in total. The first-order valence-electron chi connectivity index (χ1n) is 26.7. The third kappa shape index (κ3) is 52.7. The Morgan fingerprint density at radius 1 is 0.348 bits per heavy atom. The van der Waals surface area contributed by atoms with Gasteiger partial charge >= 0.3 is 11.9 Å². The maximum Gasteiger partial charge on any atom is 0.306 e. The minimum Gasteiger partial charge on any atom is -0.462 e. The van der Waals surface area contributed by atoms with E-state index in [9.17, 15) is 9.59 Å². The Hall–Kier alpha value is -3.96. The standard InChI is InChI=1S/C61H98O5/c1-4-7-10-13-16-19-22-25-28-30-31-33-34-36-39-42-45-48-51-54-60(62)65-58-59(57-64-56-53-50-47-44-41-38-27-24-21-18-15-12-9-6-3)66-61(63)55-52-49-46-43-40-37-35-32-29-26-23-20-17-14-11-8-5-2/h7-8,10-12,15-17,19-21,24-26,28-29,31,33,35,37,43,46,59H,4-6,9,13-14,18,22-23,27,30,32,34,36,38-42,44-45,47-58H2,1-3H3/b10-7-,11-8-,15-12-,19-16-,20-17-,24-21-,28-25-,29-26-,33-31-,37-35-,46-43-. The van der Waals surface area contributed by atoms with E-state index in [1.165, 1.54) is 57.8 Å². The first kappa shape index (κ1) is 62.0. The van der Waals surface area contributed by atoms with Crippen molar-refractivity contribution in [1.29, 1.82) is 0 Å². The van der Waals surface area contributed by atoms with Crippen LogP contribution in [-0.2, 0) is 23.8 Å². The van der Waals surface area contributed by atoms with Crippen LogP contribution in [0.5, 0.6) is 0 Å². The molecule has 0 heterocycles. The number of rotatable bonds is 47. The summed E-state index contributed by atoms with van der Waals surface area (Å²) in [6, 6.07) is 0. The van der Waals surface area contributed by atoms with E-state index in [1.807, 2.05) is 0 Å². The van der Waals surface area contributed by atoms with Crippen molar-refractivity contribution in [3.05, 3.63) is 134 Å². The molecule has 0 aromatic carbocycles. The smallest absolute Gasteiger partial charge is 0.306 e. The second-order valence-electron chi connectivity index (χ2n) is 17.0. The molecule has 1 unspecified atom stereocenters. The van der Waals surface area contributed by atoms with Gasteiger partial charge in [-0.15, -0.1) is 0 Å². The van der Waals surface area contributed by atoms with Gasteiger partial charge in [-0.05, 0) is 122 Å². The van der Waals surface area contributed by atoms with Crippen molar-refractivity contribution in [2.24, 2.45) is 0 Å². The molecule has 0 aromatic heterocycles. The molecule has 0 saturated heterocycles. The van der Waals surface area contributed by atoms with Gasteiger partial charge in [-0.3, -0.25) is 9.59 Å². The molecule has 0 radical (unpaired) electrons. The molecule has 0 fully saturated rings. The second-order valence-corrected chi connectivity index (χ2v) is 17.0. The summed E-state index contributed by atoms with van der Waals surface area (Å²) in [5.74, 6) is -0.495. The Morgan fingerprint density at radius 2 is 0.697 bits per heavy atom. The molecule has 0 spiro atoms. The average Bonchev–Trinajstić information content (AvgIpc) is 3.32. The van der Waals surface area contributed by atoms with Crippen LogP contribution in [-0.4, -0.2) is 37.9 Å². The van der Waals surface area contributed by atoms with Crippen LogP contribution in [0.25, 0.3) is 0 Å². The molecule has 0 amide bonds. The fourth-order valence-electron chi connectivity index (χ4n) is 6.75. The van der Waals surface area contributed by atoms with E-state index in [-0.39, 0.29) is 25.2 Å². The van der Waals surface area contributed by atoms with E-state index in [1.54, 1.807) is 0 Å². The molecular weight excluding hydrogens is 813 g/mol. The largest absolute Gasteiger partial charge is 0.462 e. The van der Waals surface area contributed by atoms with Crippen LogP contribution < -0.4 is 0 Å². The van der Waals surface area contributed by atoms with Crippen molar-refractivity contribution in [2.75, 3.05) is 19.8 Å². The van der Waals surface area contributed by atoms with Gasteiger partial charge in [0.15, 0.2) is 6.10 Å². The van der Waals surface area contributed by atoms with E-state index in [4.69, 9.17) is 14.2 Å². The first-order valence-corrected chi connectivity index (χ1v) is 26.7. The summed E-state index contributed by atoms with van der Waals surface area (Å²) in [4.78, 5) is 25.4. The number of hydrogen-bond acceptors (Lipinski definition) is 5. The quantitative estimate of drug-likeness (QED) is 0.0346. The van der Waals surface area contributed by atoms with Crippen molar-refractivity contribution in [3.63, 3.8) is 0 Å². The predicted octanol–water partition coefficient (Wildman–Crippen LogP) is 18.3. The number of ether oxygens (including phenoxy) is 3. The molecule has 372 valence electrons. The van der Waals surface area contributed by atoms with Gasteiger partial charge in [0.25, 0.3) is 0 Å². The number of carbonyl (C=O) groups is 2. The predicted molar refractivity (Wildman–Crippen MR) is 288 cm³/mol.